The molecule has 0 fully saturated rings. The molecule has 1 unspecified atom stereocenters. The minimum atomic E-state index is 0.116. The lowest BCUT2D eigenvalue weighted by molar-refractivity contribution is 0.643. The standard InChI is InChI=1S/C20H21N7/c1-14(2)19-22-9-8-18(25-19)20-23-10-11-26(20)15(3)16-4-6-17(7-5-16)27-13-21-12-24-27/h4-15H,1-3H3. The second-order valence-electron chi connectivity index (χ2n) is 6.72. The minimum absolute atomic E-state index is 0.116. The molecule has 3 heterocycles. The fourth-order valence-corrected chi connectivity index (χ4v) is 3.01. The van der Waals surface area contributed by atoms with Gasteiger partial charge in [-0.25, -0.2) is 24.6 Å². The van der Waals surface area contributed by atoms with Crippen molar-refractivity contribution in [2.75, 3.05) is 0 Å². The summed E-state index contributed by atoms with van der Waals surface area (Å²) in [6.45, 7) is 6.33. The van der Waals surface area contributed by atoms with Crippen LogP contribution in [0.1, 0.15) is 44.1 Å². The van der Waals surface area contributed by atoms with Crippen LogP contribution in [0.3, 0.4) is 0 Å². The molecular weight excluding hydrogens is 338 g/mol. The number of benzene rings is 1. The molecule has 4 rings (SSSR count). The lowest BCUT2D eigenvalue weighted by atomic mass is 10.1. The summed E-state index contributed by atoms with van der Waals surface area (Å²) in [7, 11) is 0. The summed E-state index contributed by atoms with van der Waals surface area (Å²) in [4.78, 5) is 17.6. The van der Waals surface area contributed by atoms with Crippen LogP contribution in [0.5, 0.6) is 0 Å². The molecule has 136 valence electrons. The number of aromatic nitrogens is 7. The molecule has 0 saturated heterocycles. The van der Waals surface area contributed by atoms with E-state index in [-0.39, 0.29) is 12.0 Å². The molecular formula is C20H21N7. The summed E-state index contributed by atoms with van der Waals surface area (Å²) in [6, 6.07) is 10.3. The summed E-state index contributed by atoms with van der Waals surface area (Å²) in [5, 5.41) is 4.16. The van der Waals surface area contributed by atoms with Gasteiger partial charge in [0.15, 0.2) is 5.82 Å². The molecule has 0 bridgehead atoms. The first-order valence-electron chi connectivity index (χ1n) is 8.94. The molecule has 1 aromatic carbocycles. The van der Waals surface area contributed by atoms with Gasteiger partial charge in [0.2, 0.25) is 0 Å². The molecule has 0 radical (unpaired) electrons. The smallest absolute Gasteiger partial charge is 0.159 e. The zero-order valence-electron chi connectivity index (χ0n) is 15.6. The Kier molecular flexibility index (Phi) is 4.50. The highest BCUT2D eigenvalue weighted by molar-refractivity contribution is 5.50. The third kappa shape index (κ3) is 3.36. The lowest BCUT2D eigenvalue weighted by Crippen LogP contribution is -2.09. The average molecular weight is 359 g/mol. The van der Waals surface area contributed by atoms with Gasteiger partial charge in [0.25, 0.3) is 0 Å². The van der Waals surface area contributed by atoms with Gasteiger partial charge in [0, 0.05) is 24.5 Å². The summed E-state index contributed by atoms with van der Waals surface area (Å²) in [5.41, 5.74) is 2.99. The Balaban J connectivity index is 1.65. The third-order valence-corrected chi connectivity index (χ3v) is 4.56. The number of hydrogen-bond acceptors (Lipinski definition) is 5. The first kappa shape index (κ1) is 17.1. The Bertz CT molecular complexity index is 1020. The highest BCUT2D eigenvalue weighted by Crippen LogP contribution is 2.25. The fourth-order valence-electron chi connectivity index (χ4n) is 3.01. The topological polar surface area (TPSA) is 74.3 Å². The molecule has 7 heteroatoms. The van der Waals surface area contributed by atoms with Gasteiger partial charge in [-0.3, -0.25) is 0 Å². The minimum Gasteiger partial charge on any atom is -0.322 e. The molecule has 0 aliphatic rings. The van der Waals surface area contributed by atoms with Crippen molar-refractivity contribution >= 4 is 0 Å². The lowest BCUT2D eigenvalue weighted by Gasteiger charge is -2.17. The Hall–Kier alpha value is -3.35. The summed E-state index contributed by atoms with van der Waals surface area (Å²) in [6.07, 6.45) is 8.82. The van der Waals surface area contributed by atoms with E-state index in [1.54, 1.807) is 17.2 Å². The van der Waals surface area contributed by atoms with Gasteiger partial charge in [-0.05, 0) is 30.7 Å². The monoisotopic (exact) mass is 359 g/mol. The molecule has 0 spiro atoms. The van der Waals surface area contributed by atoms with Gasteiger partial charge in [0.1, 0.15) is 24.2 Å². The molecule has 0 amide bonds. The Labute approximate surface area is 157 Å². The van der Waals surface area contributed by atoms with Crippen LogP contribution in [-0.4, -0.2) is 34.3 Å². The van der Waals surface area contributed by atoms with Gasteiger partial charge in [0.05, 0.1) is 11.7 Å². The van der Waals surface area contributed by atoms with E-state index in [1.165, 1.54) is 11.9 Å². The zero-order valence-corrected chi connectivity index (χ0v) is 15.6. The average Bonchev–Trinajstić information content (AvgIpc) is 3.39. The van der Waals surface area contributed by atoms with Crippen LogP contribution >= 0.6 is 0 Å². The van der Waals surface area contributed by atoms with Gasteiger partial charge in [-0.1, -0.05) is 26.0 Å². The summed E-state index contributed by atoms with van der Waals surface area (Å²) < 4.78 is 3.88. The van der Waals surface area contributed by atoms with Crippen LogP contribution in [0, 0.1) is 0 Å². The second-order valence-corrected chi connectivity index (χ2v) is 6.72. The van der Waals surface area contributed by atoms with Crippen LogP contribution < -0.4 is 0 Å². The maximum absolute atomic E-state index is 4.69. The highest BCUT2D eigenvalue weighted by atomic mass is 15.3. The van der Waals surface area contributed by atoms with Crippen molar-refractivity contribution in [2.24, 2.45) is 0 Å². The van der Waals surface area contributed by atoms with Gasteiger partial charge >= 0.3 is 0 Å². The van der Waals surface area contributed by atoms with Crippen LogP contribution in [0.25, 0.3) is 17.2 Å². The first-order valence-corrected chi connectivity index (χ1v) is 8.94. The quantitative estimate of drug-likeness (QED) is 0.544. The van der Waals surface area contributed by atoms with Crippen molar-refractivity contribution in [2.45, 2.75) is 32.7 Å². The van der Waals surface area contributed by atoms with Gasteiger partial charge < -0.3 is 4.57 Å². The third-order valence-electron chi connectivity index (χ3n) is 4.56. The highest BCUT2D eigenvalue weighted by Gasteiger charge is 2.16. The first-order chi connectivity index (χ1) is 13.1. The number of nitrogens with zero attached hydrogens (tertiary/aromatic N) is 7. The maximum Gasteiger partial charge on any atom is 0.159 e. The van der Waals surface area contributed by atoms with Crippen molar-refractivity contribution in [1.82, 2.24) is 34.3 Å². The molecule has 0 aliphatic carbocycles. The Morgan fingerprint density at radius 3 is 2.44 bits per heavy atom. The van der Waals surface area contributed by atoms with E-state index in [9.17, 15) is 0 Å². The molecule has 3 aromatic heterocycles. The van der Waals surface area contributed by atoms with Crippen LogP contribution in [0.4, 0.5) is 0 Å². The predicted octanol–water partition coefficient (Wildman–Crippen LogP) is 3.65. The largest absolute Gasteiger partial charge is 0.322 e. The van der Waals surface area contributed by atoms with Crippen LogP contribution in [0.2, 0.25) is 0 Å². The van der Waals surface area contributed by atoms with Gasteiger partial charge in [-0.2, -0.15) is 5.10 Å². The molecule has 0 aliphatic heterocycles. The van der Waals surface area contributed by atoms with E-state index in [4.69, 9.17) is 0 Å². The van der Waals surface area contributed by atoms with Crippen LogP contribution in [-0.2, 0) is 0 Å². The van der Waals surface area contributed by atoms with Crippen LogP contribution in [0.15, 0.2) is 61.6 Å². The summed E-state index contributed by atoms with van der Waals surface area (Å²) in [5.74, 6) is 1.94. The molecule has 0 N–H and O–H groups in total. The summed E-state index contributed by atoms with van der Waals surface area (Å²) >= 11 is 0. The van der Waals surface area contributed by atoms with E-state index in [0.717, 1.165) is 23.0 Å². The number of rotatable bonds is 5. The van der Waals surface area contributed by atoms with E-state index in [2.05, 4.69) is 62.5 Å². The Morgan fingerprint density at radius 1 is 0.926 bits per heavy atom. The number of imidazole rings is 1. The zero-order chi connectivity index (χ0) is 18.8. The Morgan fingerprint density at radius 2 is 1.74 bits per heavy atom. The van der Waals surface area contributed by atoms with Crippen molar-refractivity contribution in [3.05, 3.63) is 73.0 Å². The van der Waals surface area contributed by atoms with Crippen molar-refractivity contribution in [3.63, 3.8) is 0 Å². The molecule has 4 aromatic rings. The van der Waals surface area contributed by atoms with E-state index < -0.39 is 0 Å². The van der Waals surface area contributed by atoms with E-state index in [1.807, 2.05) is 30.6 Å². The molecule has 0 saturated carbocycles. The molecule has 27 heavy (non-hydrogen) atoms. The second kappa shape index (κ2) is 7.11. The SMILES string of the molecule is CC(C)c1nccc(-c2nccn2C(C)c2ccc(-n3cncn3)cc2)n1. The van der Waals surface area contributed by atoms with Crippen molar-refractivity contribution in [1.29, 1.82) is 0 Å². The molecule has 1 atom stereocenters. The van der Waals surface area contributed by atoms with Gasteiger partial charge in [-0.15, -0.1) is 0 Å². The van der Waals surface area contributed by atoms with Crippen molar-refractivity contribution < 1.29 is 0 Å². The van der Waals surface area contributed by atoms with E-state index in [0.29, 0.717) is 0 Å². The number of hydrogen-bond donors (Lipinski definition) is 0. The normalized spacial score (nSPS) is 12.4. The van der Waals surface area contributed by atoms with E-state index >= 15 is 0 Å². The maximum atomic E-state index is 4.69. The predicted molar refractivity (Wildman–Crippen MR) is 103 cm³/mol. The molecule has 7 nitrogen and oxygen atoms in total. The van der Waals surface area contributed by atoms with Crippen molar-refractivity contribution in [3.8, 4) is 17.2 Å². The fraction of sp³-hybridized carbons (Fsp3) is 0.250.